The molecule has 1 aliphatic carbocycles. The number of aryl methyl sites for hydroxylation is 5. The normalized spacial score (nSPS) is 11.8. The van der Waals surface area contributed by atoms with Crippen LogP contribution >= 0.6 is 0 Å². The molecule has 3 aromatic heterocycles. The fourth-order valence-corrected chi connectivity index (χ4v) is 3.62. The van der Waals surface area contributed by atoms with E-state index in [1.807, 2.05) is 26.8 Å². The summed E-state index contributed by atoms with van der Waals surface area (Å²) in [6.45, 7) is 6.04. The fraction of sp³-hybridized carbons (Fsp3) is 0.360. The van der Waals surface area contributed by atoms with E-state index >= 15 is 0 Å². The van der Waals surface area contributed by atoms with Crippen LogP contribution in [0.1, 0.15) is 55.5 Å². The highest BCUT2D eigenvalue weighted by atomic mass is 16.5. The molecule has 0 saturated carbocycles. The van der Waals surface area contributed by atoms with Gasteiger partial charge in [-0.2, -0.15) is 0 Å². The van der Waals surface area contributed by atoms with Crippen LogP contribution in [0.3, 0.4) is 0 Å². The molecule has 31 heavy (non-hydrogen) atoms. The van der Waals surface area contributed by atoms with Crippen LogP contribution in [0.15, 0.2) is 58.1 Å². The van der Waals surface area contributed by atoms with E-state index in [0.717, 1.165) is 35.4 Å². The van der Waals surface area contributed by atoms with E-state index < -0.39 is 0 Å². The van der Waals surface area contributed by atoms with Gasteiger partial charge in [0.15, 0.2) is 0 Å². The van der Waals surface area contributed by atoms with Crippen molar-refractivity contribution in [3.05, 3.63) is 87.4 Å². The summed E-state index contributed by atoms with van der Waals surface area (Å²) in [6, 6.07) is 13.9. The molecule has 0 bridgehead atoms. The molecule has 0 atom stereocenters. The zero-order valence-corrected chi connectivity index (χ0v) is 18.5. The molecule has 162 valence electrons. The van der Waals surface area contributed by atoms with E-state index in [4.69, 9.17) is 4.52 Å². The van der Waals surface area contributed by atoms with Crippen molar-refractivity contribution in [3.63, 3.8) is 0 Å². The molecule has 0 aliphatic heterocycles. The first-order valence-electron chi connectivity index (χ1n) is 11.1. The van der Waals surface area contributed by atoms with E-state index in [1.165, 1.54) is 31.7 Å². The number of hydrogen-bond acceptors (Lipinski definition) is 5. The second kappa shape index (κ2) is 11.2. The highest BCUT2D eigenvalue weighted by Crippen LogP contribution is 2.20. The second-order valence-electron chi connectivity index (χ2n) is 7.17. The molecule has 0 fully saturated rings. The van der Waals surface area contributed by atoms with Crippen LogP contribution in [0.25, 0.3) is 11.0 Å². The summed E-state index contributed by atoms with van der Waals surface area (Å²) in [7, 11) is 0. The average molecular weight is 419 g/mol. The third-order valence-corrected chi connectivity index (χ3v) is 5.20. The lowest BCUT2D eigenvalue weighted by Gasteiger charge is -2.02. The molecule has 1 aromatic carbocycles. The maximum Gasteiger partial charge on any atom is 0.249 e. The first-order chi connectivity index (χ1) is 15.2. The number of nitrogens with one attached hydrogen (secondary N) is 1. The van der Waals surface area contributed by atoms with Crippen LogP contribution in [0.4, 0.5) is 0 Å². The Morgan fingerprint density at radius 1 is 1.00 bits per heavy atom. The van der Waals surface area contributed by atoms with Crippen LogP contribution in [0.5, 0.6) is 0 Å². The molecule has 0 amide bonds. The van der Waals surface area contributed by atoms with Gasteiger partial charge < -0.3 is 9.51 Å². The Morgan fingerprint density at radius 3 is 2.42 bits per heavy atom. The van der Waals surface area contributed by atoms with Gasteiger partial charge in [0, 0.05) is 23.9 Å². The molecular formula is C25H30N4O2. The third kappa shape index (κ3) is 5.87. The minimum Gasteiger partial charge on any atom is -0.361 e. The standard InChI is InChI=1S/C14H14N4O2.C9H10.C2H6/c1-2-9-7-10(20-18-9)3-5-12-11-4-6-13(19)17-14(11)16-8-15-12;1-2-5-9-7-3-6-8(9)4-1;1-2/h4,6-8H,2-3,5H2,1H3,(H,15,16,17,19);1-2,4-5H,3,6-7H2;1-2H3. The lowest BCUT2D eigenvalue weighted by Crippen LogP contribution is -2.06. The number of aromatic amines is 1. The predicted molar refractivity (Wildman–Crippen MR) is 123 cm³/mol. The Labute approximate surface area is 182 Å². The molecule has 0 saturated heterocycles. The van der Waals surface area contributed by atoms with Gasteiger partial charge in [0.2, 0.25) is 5.56 Å². The van der Waals surface area contributed by atoms with Crippen molar-refractivity contribution < 1.29 is 4.52 Å². The minimum absolute atomic E-state index is 0.162. The van der Waals surface area contributed by atoms with Crippen LogP contribution in [0.2, 0.25) is 0 Å². The topological polar surface area (TPSA) is 84.7 Å². The summed E-state index contributed by atoms with van der Waals surface area (Å²) in [4.78, 5) is 22.3. The zero-order valence-electron chi connectivity index (χ0n) is 18.5. The molecule has 1 N–H and O–H groups in total. The predicted octanol–water partition coefficient (Wildman–Crippen LogP) is 4.86. The van der Waals surface area contributed by atoms with Crippen LogP contribution < -0.4 is 5.56 Å². The number of benzene rings is 1. The second-order valence-corrected chi connectivity index (χ2v) is 7.17. The van der Waals surface area contributed by atoms with Crippen molar-refractivity contribution in [3.8, 4) is 0 Å². The van der Waals surface area contributed by atoms with E-state index in [9.17, 15) is 4.79 Å². The minimum atomic E-state index is -0.162. The number of fused-ring (bicyclic) bond motifs is 2. The molecule has 6 heteroatoms. The number of hydrogen-bond donors (Lipinski definition) is 1. The molecular weight excluding hydrogens is 388 g/mol. The number of H-pyrrole nitrogens is 1. The molecule has 4 aromatic rings. The van der Waals surface area contributed by atoms with E-state index in [2.05, 4.69) is 44.4 Å². The number of nitrogens with zero attached hydrogens (tertiary/aromatic N) is 3. The summed E-state index contributed by atoms with van der Waals surface area (Å²) in [5, 5.41) is 4.83. The van der Waals surface area contributed by atoms with Crippen molar-refractivity contribution >= 4 is 11.0 Å². The number of aromatic nitrogens is 4. The molecule has 6 nitrogen and oxygen atoms in total. The SMILES string of the molecule is CC.CCc1cc(CCc2ncnc3[nH]c(=O)ccc23)on1.c1ccc2c(c1)CCC2. The molecule has 1 aliphatic rings. The lowest BCUT2D eigenvalue weighted by molar-refractivity contribution is 0.377. The molecule has 5 rings (SSSR count). The van der Waals surface area contributed by atoms with E-state index in [0.29, 0.717) is 12.1 Å². The van der Waals surface area contributed by atoms with Gasteiger partial charge in [-0.15, -0.1) is 0 Å². The Morgan fingerprint density at radius 2 is 1.74 bits per heavy atom. The monoisotopic (exact) mass is 418 g/mol. The van der Waals surface area contributed by atoms with Gasteiger partial charge in [0.1, 0.15) is 17.7 Å². The molecule has 0 unspecified atom stereocenters. The first-order valence-corrected chi connectivity index (χ1v) is 11.1. The summed E-state index contributed by atoms with van der Waals surface area (Å²) < 4.78 is 5.26. The Bertz CT molecular complexity index is 1140. The fourth-order valence-electron chi connectivity index (χ4n) is 3.62. The van der Waals surface area contributed by atoms with Gasteiger partial charge in [-0.25, -0.2) is 9.97 Å². The summed E-state index contributed by atoms with van der Waals surface area (Å²) >= 11 is 0. The highest BCUT2D eigenvalue weighted by Gasteiger charge is 2.08. The summed E-state index contributed by atoms with van der Waals surface area (Å²) in [6.07, 6.45) is 7.72. The molecule has 0 radical (unpaired) electrons. The van der Waals surface area contributed by atoms with Crippen LogP contribution in [0, 0.1) is 0 Å². The van der Waals surface area contributed by atoms with Crippen molar-refractivity contribution in [1.82, 2.24) is 20.1 Å². The zero-order chi connectivity index (χ0) is 22.1. The average Bonchev–Trinajstić information content (AvgIpc) is 3.48. The van der Waals surface area contributed by atoms with Gasteiger partial charge in [-0.1, -0.05) is 50.2 Å². The van der Waals surface area contributed by atoms with Crippen LogP contribution in [-0.4, -0.2) is 20.1 Å². The van der Waals surface area contributed by atoms with Crippen LogP contribution in [-0.2, 0) is 32.1 Å². The van der Waals surface area contributed by atoms with Gasteiger partial charge in [-0.3, -0.25) is 4.79 Å². The third-order valence-electron chi connectivity index (χ3n) is 5.20. The lowest BCUT2D eigenvalue weighted by atomic mass is 10.1. The highest BCUT2D eigenvalue weighted by molar-refractivity contribution is 5.76. The Balaban J connectivity index is 0.000000205. The Kier molecular flexibility index (Phi) is 8.10. The van der Waals surface area contributed by atoms with Gasteiger partial charge in [0.05, 0.1) is 11.4 Å². The maximum atomic E-state index is 11.3. The molecule has 3 heterocycles. The molecule has 0 spiro atoms. The maximum absolute atomic E-state index is 11.3. The van der Waals surface area contributed by atoms with Gasteiger partial charge in [0.25, 0.3) is 0 Å². The quantitative estimate of drug-likeness (QED) is 0.512. The van der Waals surface area contributed by atoms with Crippen molar-refractivity contribution in [2.24, 2.45) is 0 Å². The number of rotatable bonds is 4. The van der Waals surface area contributed by atoms with Crippen molar-refractivity contribution in [1.29, 1.82) is 0 Å². The Hall–Kier alpha value is -3.28. The summed E-state index contributed by atoms with van der Waals surface area (Å²) in [5.41, 5.74) is 5.38. The van der Waals surface area contributed by atoms with Crippen molar-refractivity contribution in [2.75, 3.05) is 0 Å². The van der Waals surface area contributed by atoms with Gasteiger partial charge >= 0.3 is 0 Å². The summed E-state index contributed by atoms with van der Waals surface area (Å²) in [5.74, 6) is 0.845. The van der Waals surface area contributed by atoms with Crippen molar-refractivity contribution in [2.45, 2.75) is 59.3 Å². The largest absolute Gasteiger partial charge is 0.361 e. The smallest absolute Gasteiger partial charge is 0.249 e. The van der Waals surface area contributed by atoms with E-state index in [1.54, 1.807) is 17.2 Å². The van der Waals surface area contributed by atoms with E-state index in [-0.39, 0.29) is 5.56 Å². The number of pyridine rings is 1. The van der Waals surface area contributed by atoms with Gasteiger partial charge in [-0.05, 0) is 49.3 Å². The first kappa shape index (κ1) is 22.4.